The van der Waals surface area contributed by atoms with Gasteiger partial charge in [-0.05, 0) is 31.4 Å². The zero-order valence-electron chi connectivity index (χ0n) is 12.0. The minimum atomic E-state index is 0.759. The molecular formula is C15H27N3. The highest BCUT2D eigenvalue weighted by molar-refractivity contribution is 5.44. The van der Waals surface area contributed by atoms with Crippen LogP contribution in [-0.2, 0) is 0 Å². The van der Waals surface area contributed by atoms with Crippen molar-refractivity contribution < 1.29 is 0 Å². The van der Waals surface area contributed by atoms with E-state index in [-0.39, 0.29) is 0 Å². The lowest BCUT2D eigenvalue weighted by atomic mass is 9.99. The van der Waals surface area contributed by atoms with Crippen molar-refractivity contribution in [3.63, 3.8) is 0 Å². The Hall–Kier alpha value is -1.25. The Morgan fingerprint density at radius 1 is 1.11 bits per heavy atom. The summed E-state index contributed by atoms with van der Waals surface area (Å²) in [4.78, 5) is 4.53. The van der Waals surface area contributed by atoms with Crippen molar-refractivity contribution in [3.05, 3.63) is 18.2 Å². The predicted octanol–water partition coefficient (Wildman–Crippen LogP) is 4.14. The second-order valence-electron chi connectivity index (χ2n) is 4.74. The Labute approximate surface area is 111 Å². The first-order valence-electron chi connectivity index (χ1n) is 7.24. The molecule has 0 bridgehead atoms. The topological polar surface area (TPSA) is 37.0 Å². The summed E-state index contributed by atoms with van der Waals surface area (Å²) < 4.78 is 0. The number of hydrogen-bond acceptors (Lipinski definition) is 3. The summed E-state index contributed by atoms with van der Waals surface area (Å²) in [6, 6.07) is 6.08. The summed E-state index contributed by atoms with van der Waals surface area (Å²) in [6.45, 7) is 8.54. The SMILES string of the molecule is CCCCC(CC)CNc1cccc(NCC)n1. The van der Waals surface area contributed by atoms with Crippen LogP contribution in [0.3, 0.4) is 0 Å². The third kappa shape index (κ3) is 5.39. The van der Waals surface area contributed by atoms with Gasteiger partial charge in [0, 0.05) is 13.1 Å². The summed E-state index contributed by atoms with van der Waals surface area (Å²) in [5.41, 5.74) is 0. The van der Waals surface area contributed by atoms with Gasteiger partial charge in [-0.1, -0.05) is 39.2 Å². The maximum absolute atomic E-state index is 4.53. The fraction of sp³-hybridized carbons (Fsp3) is 0.667. The zero-order chi connectivity index (χ0) is 13.2. The maximum Gasteiger partial charge on any atom is 0.128 e. The number of unbranched alkanes of at least 4 members (excludes halogenated alkanes) is 1. The van der Waals surface area contributed by atoms with Crippen LogP contribution >= 0.6 is 0 Å². The van der Waals surface area contributed by atoms with Gasteiger partial charge in [-0.15, -0.1) is 0 Å². The summed E-state index contributed by atoms with van der Waals surface area (Å²) in [7, 11) is 0. The first-order valence-corrected chi connectivity index (χ1v) is 7.24. The minimum absolute atomic E-state index is 0.759. The van der Waals surface area contributed by atoms with Crippen LogP contribution < -0.4 is 10.6 Å². The van der Waals surface area contributed by atoms with Crippen LogP contribution in [0.2, 0.25) is 0 Å². The maximum atomic E-state index is 4.53. The van der Waals surface area contributed by atoms with Crippen molar-refractivity contribution in [1.29, 1.82) is 0 Å². The Balaban J connectivity index is 2.43. The molecule has 0 amide bonds. The van der Waals surface area contributed by atoms with E-state index in [0.717, 1.165) is 30.6 Å². The van der Waals surface area contributed by atoms with Crippen LogP contribution in [0.5, 0.6) is 0 Å². The van der Waals surface area contributed by atoms with E-state index >= 15 is 0 Å². The van der Waals surface area contributed by atoms with Crippen molar-refractivity contribution >= 4 is 11.6 Å². The average Bonchev–Trinajstić information content (AvgIpc) is 2.40. The van der Waals surface area contributed by atoms with Crippen LogP contribution in [0.25, 0.3) is 0 Å². The molecule has 0 fully saturated rings. The van der Waals surface area contributed by atoms with Gasteiger partial charge in [0.05, 0.1) is 0 Å². The third-order valence-electron chi connectivity index (χ3n) is 3.22. The van der Waals surface area contributed by atoms with E-state index in [1.165, 1.54) is 25.7 Å². The van der Waals surface area contributed by atoms with E-state index in [2.05, 4.69) is 36.4 Å². The summed E-state index contributed by atoms with van der Waals surface area (Å²) >= 11 is 0. The monoisotopic (exact) mass is 249 g/mol. The molecule has 0 spiro atoms. The van der Waals surface area contributed by atoms with E-state index in [0.29, 0.717) is 0 Å². The smallest absolute Gasteiger partial charge is 0.128 e. The largest absolute Gasteiger partial charge is 0.370 e. The fourth-order valence-corrected chi connectivity index (χ4v) is 2.00. The van der Waals surface area contributed by atoms with Crippen LogP contribution in [0.4, 0.5) is 11.6 Å². The van der Waals surface area contributed by atoms with Crippen LogP contribution in [0, 0.1) is 5.92 Å². The number of nitrogens with zero attached hydrogens (tertiary/aromatic N) is 1. The van der Waals surface area contributed by atoms with E-state index < -0.39 is 0 Å². The molecule has 3 heteroatoms. The third-order valence-corrected chi connectivity index (χ3v) is 3.22. The minimum Gasteiger partial charge on any atom is -0.370 e. The van der Waals surface area contributed by atoms with Gasteiger partial charge in [0.2, 0.25) is 0 Å². The van der Waals surface area contributed by atoms with Gasteiger partial charge in [0.1, 0.15) is 11.6 Å². The molecule has 0 aliphatic rings. The van der Waals surface area contributed by atoms with Crippen molar-refractivity contribution in [3.8, 4) is 0 Å². The molecule has 0 aliphatic carbocycles. The van der Waals surface area contributed by atoms with E-state index in [1.54, 1.807) is 0 Å². The highest BCUT2D eigenvalue weighted by atomic mass is 15.1. The van der Waals surface area contributed by atoms with Crippen molar-refractivity contribution in [1.82, 2.24) is 4.98 Å². The number of nitrogens with one attached hydrogen (secondary N) is 2. The number of anilines is 2. The van der Waals surface area contributed by atoms with Crippen molar-refractivity contribution in [2.24, 2.45) is 5.92 Å². The van der Waals surface area contributed by atoms with Gasteiger partial charge < -0.3 is 10.6 Å². The number of hydrogen-bond donors (Lipinski definition) is 2. The van der Waals surface area contributed by atoms with Crippen LogP contribution in [-0.4, -0.2) is 18.1 Å². The number of aromatic nitrogens is 1. The number of pyridine rings is 1. The van der Waals surface area contributed by atoms with Gasteiger partial charge in [-0.3, -0.25) is 0 Å². The molecule has 0 saturated carbocycles. The van der Waals surface area contributed by atoms with E-state index in [9.17, 15) is 0 Å². The highest BCUT2D eigenvalue weighted by Crippen LogP contribution is 2.14. The normalized spacial score (nSPS) is 12.2. The molecule has 1 atom stereocenters. The second kappa shape index (κ2) is 8.78. The van der Waals surface area contributed by atoms with Crippen LogP contribution in [0.15, 0.2) is 18.2 Å². The van der Waals surface area contributed by atoms with Crippen molar-refractivity contribution in [2.45, 2.75) is 46.5 Å². The first kappa shape index (κ1) is 14.8. The molecule has 0 aliphatic heterocycles. The van der Waals surface area contributed by atoms with Gasteiger partial charge in [0.25, 0.3) is 0 Å². The van der Waals surface area contributed by atoms with Gasteiger partial charge in [-0.2, -0.15) is 0 Å². The molecule has 0 radical (unpaired) electrons. The Morgan fingerprint density at radius 2 is 1.83 bits per heavy atom. The fourth-order valence-electron chi connectivity index (χ4n) is 2.00. The number of rotatable bonds is 9. The molecular weight excluding hydrogens is 222 g/mol. The molecule has 0 aromatic carbocycles. The summed E-state index contributed by atoms with van der Waals surface area (Å²) in [5, 5.41) is 6.68. The lowest BCUT2D eigenvalue weighted by Gasteiger charge is -2.16. The molecule has 102 valence electrons. The highest BCUT2D eigenvalue weighted by Gasteiger charge is 2.06. The quantitative estimate of drug-likeness (QED) is 0.690. The lowest BCUT2D eigenvalue weighted by molar-refractivity contribution is 0.472. The van der Waals surface area contributed by atoms with Gasteiger partial charge >= 0.3 is 0 Å². The molecule has 1 aromatic rings. The lowest BCUT2D eigenvalue weighted by Crippen LogP contribution is -2.14. The molecule has 1 heterocycles. The standard InChI is InChI=1S/C15H27N3/c1-4-7-9-13(5-2)12-17-15-11-8-10-14(18-15)16-6-3/h8,10-11,13H,4-7,9,12H2,1-3H3,(H2,16,17,18). The van der Waals surface area contributed by atoms with Gasteiger partial charge in [-0.25, -0.2) is 4.98 Å². The van der Waals surface area contributed by atoms with Gasteiger partial charge in [0.15, 0.2) is 0 Å². The summed E-state index contributed by atoms with van der Waals surface area (Å²) in [5.74, 6) is 2.68. The van der Waals surface area contributed by atoms with Crippen molar-refractivity contribution in [2.75, 3.05) is 23.7 Å². The summed E-state index contributed by atoms with van der Waals surface area (Å²) in [6.07, 6.45) is 5.16. The second-order valence-corrected chi connectivity index (χ2v) is 4.74. The average molecular weight is 249 g/mol. The first-order chi connectivity index (χ1) is 8.80. The Kier molecular flexibility index (Phi) is 7.23. The zero-order valence-corrected chi connectivity index (χ0v) is 12.0. The molecule has 1 rings (SSSR count). The molecule has 1 aromatic heterocycles. The van der Waals surface area contributed by atoms with E-state index in [4.69, 9.17) is 0 Å². The Morgan fingerprint density at radius 3 is 2.44 bits per heavy atom. The molecule has 1 unspecified atom stereocenters. The predicted molar refractivity (Wildman–Crippen MR) is 80.2 cm³/mol. The molecule has 0 saturated heterocycles. The molecule has 18 heavy (non-hydrogen) atoms. The molecule has 2 N–H and O–H groups in total. The molecule has 3 nitrogen and oxygen atoms in total. The van der Waals surface area contributed by atoms with Crippen LogP contribution in [0.1, 0.15) is 46.5 Å². The van der Waals surface area contributed by atoms with E-state index in [1.807, 2.05) is 18.2 Å². The Bertz CT molecular complexity index is 325.